The Kier molecular flexibility index (Phi) is 2.61. The van der Waals surface area contributed by atoms with Crippen LogP contribution in [0.5, 0.6) is 0 Å². The molecule has 0 spiro atoms. The predicted octanol–water partition coefficient (Wildman–Crippen LogP) is 2.85. The summed E-state index contributed by atoms with van der Waals surface area (Å²) in [6.45, 7) is 12.9. The van der Waals surface area contributed by atoms with E-state index < -0.39 is 0 Å². The van der Waals surface area contributed by atoms with Gasteiger partial charge >= 0.3 is 0 Å². The van der Waals surface area contributed by atoms with Crippen molar-refractivity contribution in [3.05, 3.63) is 12.4 Å². The van der Waals surface area contributed by atoms with Crippen molar-refractivity contribution in [3.8, 4) is 0 Å². The van der Waals surface area contributed by atoms with Gasteiger partial charge in [0, 0.05) is 23.5 Å². The smallest absolute Gasteiger partial charge is 0.203 e. The van der Waals surface area contributed by atoms with Crippen molar-refractivity contribution in [2.24, 2.45) is 0 Å². The number of nitrogens with one attached hydrogen (secondary N) is 1. The minimum absolute atomic E-state index is 0.0500. The lowest BCUT2D eigenvalue weighted by Crippen LogP contribution is -2.31. The van der Waals surface area contributed by atoms with Crippen molar-refractivity contribution in [3.63, 3.8) is 0 Å². The van der Waals surface area contributed by atoms with Gasteiger partial charge in [-0.2, -0.15) is 0 Å². The summed E-state index contributed by atoms with van der Waals surface area (Å²) in [6, 6.07) is 0. The molecule has 0 saturated carbocycles. The number of imidazole rings is 1. The SMILES string of the molecule is CC(C)(C)Nc1nccn1C(C)(C)C. The van der Waals surface area contributed by atoms with E-state index in [2.05, 4.69) is 56.4 Å². The van der Waals surface area contributed by atoms with Gasteiger partial charge in [0.2, 0.25) is 5.95 Å². The molecule has 1 heterocycles. The highest BCUT2D eigenvalue weighted by molar-refractivity contribution is 5.30. The zero-order chi connectivity index (χ0) is 11.0. The van der Waals surface area contributed by atoms with Crippen LogP contribution in [-0.4, -0.2) is 15.1 Å². The summed E-state index contributed by atoms with van der Waals surface area (Å²) in [7, 11) is 0. The third kappa shape index (κ3) is 2.76. The first-order valence-electron chi connectivity index (χ1n) is 5.02. The van der Waals surface area contributed by atoms with Crippen LogP contribution in [0, 0.1) is 0 Å². The Labute approximate surface area is 86.5 Å². The van der Waals surface area contributed by atoms with Crippen molar-refractivity contribution in [1.82, 2.24) is 9.55 Å². The fourth-order valence-electron chi connectivity index (χ4n) is 1.27. The summed E-state index contributed by atoms with van der Waals surface area (Å²) in [5, 5.41) is 3.39. The fourth-order valence-corrected chi connectivity index (χ4v) is 1.27. The number of hydrogen-bond donors (Lipinski definition) is 1. The van der Waals surface area contributed by atoms with Gasteiger partial charge in [-0.05, 0) is 41.5 Å². The second-order valence-corrected chi connectivity index (χ2v) is 5.67. The molecule has 3 nitrogen and oxygen atoms in total. The largest absolute Gasteiger partial charge is 0.351 e. The first-order chi connectivity index (χ1) is 6.20. The molecule has 80 valence electrons. The Bertz CT molecular complexity index is 299. The molecule has 0 aliphatic rings. The maximum absolute atomic E-state index is 4.32. The van der Waals surface area contributed by atoms with Crippen LogP contribution in [0.3, 0.4) is 0 Å². The Morgan fingerprint density at radius 3 is 2.14 bits per heavy atom. The molecule has 0 fully saturated rings. The molecule has 0 amide bonds. The Balaban J connectivity index is 2.95. The third-order valence-corrected chi connectivity index (χ3v) is 1.85. The predicted molar refractivity (Wildman–Crippen MR) is 60.6 cm³/mol. The lowest BCUT2D eigenvalue weighted by Gasteiger charge is -2.27. The molecule has 1 aromatic heterocycles. The second-order valence-electron chi connectivity index (χ2n) is 5.67. The van der Waals surface area contributed by atoms with E-state index >= 15 is 0 Å². The highest BCUT2D eigenvalue weighted by atomic mass is 15.2. The van der Waals surface area contributed by atoms with Gasteiger partial charge in [-0.1, -0.05) is 0 Å². The van der Waals surface area contributed by atoms with Gasteiger partial charge in [0.05, 0.1) is 0 Å². The lowest BCUT2D eigenvalue weighted by molar-refractivity contribution is 0.398. The molecule has 0 aromatic carbocycles. The van der Waals surface area contributed by atoms with Crippen molar-refractivity contribution < 1.29 is 0 Å². The van der Waals surface area contributed by atoms with E-state index in [0.29, 0.717) is 0 Å². The molecule has 0 radical (unpaired) electrons. The molecule has 0 aliphatic carbocycles. The molecular formula is C11H21N3. The quantitative estimate of drug-likeness (QED) is 0.746. The van der Waals surface area contributed by atoms with Crippen molar-refractivity contribution in [2.75, 3.05) is 5.32 Å². The van der Waals surface area contributed by atoms with Crippen LogP contribution in [0.1, 0.15) is 41.5 Å². The minimum Gasteiger partial charge on any atom is -0.351 e. The highest BCUT2D eigenvalue weighted by Crippen LogP contribution is 2.21. The van der Waals surface area contributed by atoms with Gasteiger partial charge in [0.1, 0.15) is 0 Å². The van der Waals surface area contributed by atoms with Gasteiger partial charge in [-0.25, -0.2) is 4.98 Å². The standard InChI is InChI=1S/C11H21N3/c1-10(2,3)13-9-12-7-8-14(9)11(4,5)6/h7-8H,1-6H3,(H,12,13). The number of anilines is 1. The third-order valence-electron chi connectivity index (χ3n) is 1.85. The summed E-state index contributed by atoms with van der Waals surface area (Å²) in [5.41, 5.74) is 0.123. The summed E-state index contributed by atoms with van der Waals surface area (Å²) in [6.07, 6.45) is 3.84. The zero-order valence-corrected chi connectivity index (χ0v) is 10.0. The molecule has 1 aromatic rings. The lowest BCUT2D eigenvalue weighted by atomic mass is 10.1. The number of hydrogen-bond acceptors (Lipinski definition) is 2. The fraction of sp³-hybridized carbons (Fsp3) is 0.727. The Morgan fingerprint density at radius 1 is 1.14 bits per heavy atom. The Hall–Kier alpha value is -0.990. The number of aromatic nitrogens is 2. The van der Waals surface area contributed by atoms with Crippen LogP contribution in [0.4, 0.5) is 5.95 Å². The maximum Gasteiger partial charge on any atom is 0.203 e. The normalized spacial score (nSPS) is 13.0. The average Bonchev–Trinajstić information content (AvgIpc) is 2.29. The van der Waals surface area contributed by atoms with E-state index in [0.717, 1.165) is 5.95 Å². The Morgan fingerprint density at radius 2 is 1.71 bits per heavy atom. The number of nitrogens with zero attached hydrogens (tertiary/aromatic N) is 2. The topological polar surface area (TPSA) is 29.9 Å². The molecule has 1 N–H and O–H groups in total. The summed E-state index contributed by atoms with van der Waals surface area (Å²) >= 11 is 0. The van der Waals surface area contributed by atoms with Gasteiger partial charge in [-0.15, -0.1) is 0 Å². The van der Waals surface area contributed by atoms with Crippen molar-refractivity contribution in [2.45, 2.75) is 52.6 Å². The molecule has 14 heavy (non-hydrogen) atoms. The van der Waals surface area contributed by atoms with E-state index in [1.165, 1.54) is 0 Å². The summed E-state index contributed by atoms with van der Waals surface area (Å²) < 4.78 is 2.15. The van der Waals surface area contributed by atoms with Gasteiger partial charge in [0.25, 0.3) is 0 Å². The average molecular weight is 195 g/mol. The van der Waals surface area contributed by atoms with E-state index in [-0.39, 0.29) is 11.1 Å². The van der Waals surface area contributed by atoms with Crippen LogP contribution in [0.15, 0.2) is 12.4 Å². The summed E-state index contributed by atoms with van der Waals surface area (Å²) in [5.74, 6) is 0.935. The maximum atomic E-state index is 4.32. The second kappa shape index (κ2) is 3.30. The molecule has 0 aliphatic heterocycles. The molecule has 0 bridgehead atoms. The van der Waals surface area contributed by atoms with Crippen LogP contribution in [-0.2, 0) is 5.54 Å². The van der Waals surface area contributed by atoms with Crippen LogP contribution < -0.4 is 5.32 Å². The van der Waals surface area contributed by atoms with E-state index in [9.17, 15) is 0 Å². The van der Waals surface area contributed by atoms with E-state index in [4.69, 9.17) is 0 Å². The van der Waals surface area contributed by atoms with E-state index in [1.54, 1.807) is 0 Å². The van der Waals surface area contributed by atoms with Crippen LogP contribution in [0.25, 0.3) is 0 Å². The minimum atomic E-state index is 0.0500. The molecule has 1 rings (SSSR count). The van der Waals surface area contributed by atoms with Gasteiger partial charge < -0.3 is 9.88 Å². The van der Waals surface area contributed by atoms with Crippen molar-refractivity contribution >= 4 is 5.95 Å². The van der Waals surface area contributed by atoms with Crippen LogP contribution in [0.2, 0.25) is 0 Å². The number of rotatable bonds is 1. The zero-order valence-electron chi connectivity index (χ0n) is 10.0. The van der Waals surface area contributed by atoms with E-state index in [1.807, 2.05) is 12.4 Å². The van der Waals surface area contributed by atoms with Gasteiger partial charge in [-0.3, -0.25) is 0 Å². The molecule has 3 heteroatoms. The van der Waals surface area contributed by atoms with Crippen molar-refractivity contribution in [1.29, 1.82) is 0 Å². The first-order valence-corrected chi connectivity index (χ1v) is 5.02. The molecule has 0 saturated heterocycles. The molecule has 0 atom stereocenters. The first kappa shape index (κ1) is 11.1. The molecule has 0 unspecified atom stereocenters. The summed E-state index contributed by atoms with van der Waals surface area (Å²) in [4.78, 5) is 4.32. The van der Waals surface area contributed by atoms with Gasteiger partial charge in [0.15, 0.2) is 0 Å². The molecular weight excluding hydrogens is 174 g/mol. The van der Waals surface area contributed by atoms with Crippen LogP contribution >= 0.6 is 0 Å². The monoisotopic (exact) mass is 195 g/mol. The highest BCUT2D eigenvalue weighted by Gasteiger charge is 2.19.